The van der Waals surface area contributed by atoms with Gasteiger partial charge in [-0.1, -0.05) is 13.8 Å². The Morgan fingerprint density at radius 2 is 1.75 bits per heavy atom. The van der Waals surface area contributed by atoms with Crippen molar-refractivity contribution in [2.24, 2.45) is 7.05 Å². The number of hydrogen-bond acceptors (Lipinski definition) is 6. The summed E-state index contributed by atoms with van der Waals surface area (Å²) in [7, 11) is 1.98. The van der Waals surface area contributed by atoms with Crippen molar-refractivity contribution in [3.8, 4) is 0 Å². The Morgan fingerprint density at radius 1 is 1.04 bits per heavy atom. The van der Waals surface area contributed by atoms with Crippen molar-refractivity contribution < 1.29 is 0 Å². The highest BCUT2D eigenvalue weighted by atomic mass is 15.3. The minimum atomic E-state index is 0.748. The molecule has 0 spiro atoms. The zero-order valence-corrected chi connectivity index (χ0v) is 15.7. The number of aromatic nitrogens is 4. The third-order valence-electron chi connectivity index (χ3n) is 4.44. The van der Waals surface area contributed by atoms with Gasteiger partial charge in [-0.25, -0.2) is 4.98 Å². The molecule has 2 aromatic rings. The van der Waals surface area contributed by atoms with Gasteiger partial charge in [-0.05, 0) is 39.9 Å². The predicted molar refractivity (Wildman–Crippen MR) is 101 cm³/mol. The van der Waals surface area contributed by atoms with Crippen LogP contribution in [0.3, 0.4) is 0 Å². The Balaban J connectivity index is 2.16. The molecule has 0 aliphatic rings. The molecule has 7 heteroatoms. The topological polar surface area (TPSA) is 62.1 Å². The van der Waals surface area contributed by atoms with Gasteiger partial charge in [0, 0.05) is 26.7 Å². The normalized spacial score (nSPS) is 11.4. The van der Waals surface area contributed by atoms with Gasteiger partial charge in [0.1, 0.15) is 5.52 Å². The van der Waals surface area contributed by atoms with Crippen molar-refractivity contribution in [1.29, 1.82) is 0 Å². The average molecular weight is 333 g/mol. The van der Waals surface area contributed by atoms with E-state index in [0.29, 0.717) is 0 Å². The Kier molecular flexibility index (Phi) is 6.78. The second-order valence-corrected chi connectivity index (χ2v) is 5.88. The molecule has 2 aromatic heterocycles. The molecule has 134 valence electrons. The first-order chi connectivity index (χ1) is 11.6. The molecule has 7 nitrogen and oxygen atoms in total. The molecule has 0 atom stereocenters. The lowest BCUT2D eigenvalue weighted by Crippen LogP contribution is -2.26. The van der Waals surface area contributed by atoms with E-state index in [4.69, 9.17) is 4.98 Å². The van der Waals surface area contributed by atoms with Gasteiger partial charge >= 0.3 is 0 Å². The van der Waals surface area contributed by atoms with E-state index in [1.807, 2.05) is 11.6 Å². The molecular weight excluding hydrogens is 302 g/mol. The van der Waals surface area contributed by atoms with Crippen molar-refractivity contribution in [2.75, 3.05) is 49.5 Å². The molecule has 2 rings (SSSR count). The van der Waals surface area contributed by atoms with E-state index in [1.165, 1.54) is 0 Å². The van der Waals surface area contributed by atoms with Crippen LogP contribution < -0.4 is 10.2 Å². The van der Waals surface area contributed by atoms with Crippen LogP contribution in [-0.2, 0) is 7.05 Å². The van der Waals surface area contributed by atoms with Crippen molar-refractivity contribution in [3.05, 3.63) is 6.33 Å². The third-order valence-corrected chi connectivity index (χ3v) is 4.44. The fourth-order valence-corrected chi connectivity index (χ4v) is 2.87. The average Bonchev–Trinajstić information content (AvgIpc) is 2.97. The number of rotatable bonds is 10. The summed E-state index contributed by atoms with van der Waals surface area (Å²) in [6.45, 7) is 14.6. The van der Waals surface area contributed by atoms with Gasteiger partial charge in [0.15, 0.2) is 11.5 Å². The highest BCUT2D eigenvalue weighted by Gasteiger charge is 2.14. The van der Waals surface area contributed by atoms with Gasteiger partial charge in [-0.2, -0.15) is 9.97 Å². The van der Waals surface area contributed by atoms with Crippen LogP contribution in [0.1, 0.15) is 34.1 Å². The van der Waals surface area contributed by atoms with Crippen LogP contribution in [0.5, 0.6) is 0 Å². The van der Waals surface area contributed by atoms with Gasteiger partial charge < -0.3 is 19.7 Å². The van der Waals surface area contributed by atoms with Crippen LogP contribution in [0.15, 0.2) is 6.33 Å². The Morgan fingerprint density at radius 3 is 2.38 bits per heavy atom. The van der Waals surface area contributed by atoms with Crippen LogP contribution in [0.4, 0.5) is 11.8 Å². The van der Waals surface area contributed by atoms with E-state index in [2.05, 4.69) is 52.8 Å². The highest BCUT2D eigenvalue weighted by molar-refractivity contribution is 5.84. The number of aryl methyl sites for hydroxylation is 1. The summed E-state index contributed by atoms with van der Waals surface area (Å²) >= 11 is 0. The zero-order chi connectivity index (χ0) is 17.5. The fourth-order valence-electron chi connectivity index (χ4n) is 2.87. The van der Waals surface area contributed by atoms with E-state index < -0.39 is 0 Å². The molecule has 0 fully saturated rings. The molecule has 2 heterocycles. The first kappa shape index (κ1) is 18.4. The van der Waals surface area contributed by atoms with Gasteiger partial charge in [0.05, 0.1) is 6.33 Å². The molecule has 0 bridgehead atoms. The van der Waals surface area contributed by atoms with Crippen LogP contribution >= 0.6 is 0 Å². The summed E-state index contributed by atoms with van der Waals surface area (Å²) in [4.78, 5) is 18.4. The second-order valence-electron chi connectivity index (χ2n) is 5.88. The van der Waals surface area contributed by atoms with Gasteiger partial charge in [-0.15, -0.1) is 0 Å². The molecule has 0 amide bonds. The lowest BCUT2D eigenvalue weighted by Gasteiger charge is -2.20. The minimum Gasteiger partial charge on any atom is -0.368 e. The number of anilines is 2. The molecule has 0 saturated heterocycles. The zero-order valence-electron chi connectivity index (χ0n) is 15.7. The SMILES string of the molecule is CCN(CC)CCCNc1nc(N(CC)CC)nc2ncn(C)c12. The number of nitrogens with one attached hydrogen (secondary N) is 1. The maximum atomic E-state index is 4.76. The van der Waals surface area contributed by atoms with Crippen molar-refractivity contribution in [1.82, 2.24) is 24.4 Å². The number of nitrogens with zero attached hydrogens (tertiary/aromatic N) is 6. The Hall–Kier alpha value is -1.89. The summed E-state index contributed by atoms with van der Waals surface area (Å²) in [5.74, 6) is 1.62. The maximum Gasteiger partial charge on any atom is 0.229 e. The molecule has 0 unspecified atom stereocenters. The number of fused-ring (bicyclic) bond motifs is 1. The van der Waals surface area contributed by atoms with Gasteiger partial charge in [-0.3, -0.25) is 0 Å². The second kappa shape index (κ2) is 8.82. The summed E-state index contributed by atoms with van der Waals surface area (Å²) in [6.07, 6.45) is 2.89. The molecule has 0 aliphatic carbocycles. The smallest absolute Gasteiger partial charge is 0.229 e. The van der Waals surface area contributed by atoms with Crippen LogP contribution in [0.25, 0.3) is 11.2 Å². The predicted octanol–water partition coefficient (Wildman–Crippen LogP) is 2.35. The largest absolute Gasteiger partial charge is 0.368 e. The van der Waals surface area contributed by atoms with E-state index in [9.17, 15) is 0 Å². The van der Waals surface area contributed by atoms with E-state index in [-0.39, 0.29) is 0 Å². The summed E-state index contributed by atoms with van der Waals surface area (Å²) in [6, 6.07) is 0. The molecule has 1 N–H and O–H groups in total. The minimum absolute atomic E-state index is 0.748. The number of imidazole rings is 1. The first-order valence-electron chi connectivity index (χ1n) is 9.04. The summed E-state index contributed by atoms with van der Waals surface area (Å²) in [5.41, 5.74) is 1.72. The lowest BCUT2D eigenvalue weighted by molar-refractivity contribution is 0.303. The van der Waals surface area contributed by atoms with Gasteiger partial charge in [0.25, 0.3) is 0 Å². The van der Waals surface area contributed by atoms with Crippen LogP contribution in [0.2, 0.25) is 0 Å². The molecule has 0 saturated carbocycles. The highest BCUT2D eigenvalue weighted by Crippen LogP contribution is 2.22. The monoisotopic (exact) mass is 333 g/mol. The van der Waals surface area contributed by atoms with Crippen molar-refractivity contribution in [3.63, 3.8) is 0 Å². The summed E-state index contributed by atoms with van der Waals surface area (Å²) < 4.78 is 1.98. The number of hydrogen-bond donors (Lipinski definition) is 1. The molecule has 0 aliphatic heterocycles. The standard InChI is InChI=1S/C17H31N7/c1-6-23(7-2)12-10-11-18-15-14-16(19-13-22(14)5)21-17(20-15)24(8-3)9-4/h13H,6-12H2,1-5H3,(H,18,20,21). The van der Waals surface area contributed by atoms with Crippen molar-refractivity contribution >= 4 is 22.9 Å². The van der Waals surface area contributed by atoms with Gasteiger partial charge in [0.2, 0.25) is 5.95 Å². The third kappa shape index (κ3) is 4.14. The molecule has 0 aromatic carbocycles. The molecular formula is C17H31N7. The quantitative estimate of drug-likeness (QED) is 0.674. The van der Waals surface area contributed by atoms with Crippen LogP contribution in [0, 0.1) is 0 Å². The van der Waals surface area contributed by atoms with Crippen LogP contribution in [-0.4, -0.2) is 63.7 Å². The first-order valence-corrected chi connectivity index (χ1v) is 9.04. The van der Waals surface area contributed by atoms with E-state index in [0.717, 1.165) is 68.6 Å². The maximum absolute atomic E-state index is 4.76. The fraction of sp³-hybridized carbons (Fsp3) is 0.706. The molecule has 0 radical (unpaired) electrons. The van der Waals surface area contributed by atoms with E-state index >= 15 is 0 Å². The Bertz CT molecular complexity index is 629. The Labute approximate surface area is 145 Å². The van der Waals surface area contributed by atoms with E-state index in [1.54, 1.807) is 6.33 Å². The summed E-state index contributed by atoms with van der Waals surface area (Å²) in [5, 5.41) is 3.50. The lowest BCUT2D eigenvalue weighted by atomic mass is 10.3. The van der Waals surface area contributed by atoms with Crippen molar-refractivity contribution in [2.45, 2.75) is 34.1 Å². The molecule has 24 heavy (non-hydrogen) atoms.